The maximum absolute atomic E-state index is 11.0. The number of pyridine rings is 1. The first-order valence-corrected chi connectivity index (χ1v) is 6.31. The molecule has 0 fully saturated rings. The van der Waals surface area contributed by atoms with Crippen LogP contribution in [0.2, 0.25) is 0 Å². The molecule has 2 heterocycles. The quantitative estimate of drug-likeness (QED) is 0.773. The number of H-pyrrole nitrogens is 1. The molecule has 4 nitrogen and oxygen atoms in total. The van der Waals surface area contributed by atoms with E-state index in [0.29, 0.717) is 0 Å². The Labute approximate surface area is 116 Å². The van der Waals surface area contributed by atoms with Gasteiger partial charge in [0.05, 0.1) is 5.69 Å². The van der Waals surface area contributed by atoms with Crippen molar-refractivity contribution in [2.45, 2.75) is 6.92 Å². The van der Waals surface area contributed by atoms with Gasteiger partial charge in [-0.25, -0.2) is 5.10 Å². The monoisotopic (exact) mass is 263 g/mol. The predicted molar refractivity (Wildman–Crippen MR) is 78.3 cm³/mol. The third-order valence-electron chi connectivity index (χ3n) is 3.17. The molecule has 0 saturated heterocycles. The first kappa shape index (κ1) is 12.3. The molecule has 2 aromatic heterocycles. The zero-order valence-electron chi connectivity index (χ0n) is 11.0. The molecule has 0 bridgehead atoms. The Kier molecular flexibility index (Phi) is 3.13. The van der Waals surface area contributed by atoms with Crippen LogP contribution in [0.4, 0.5) is 0 Å². The minimum Gasteiger partial charge on any atom is -0.268 e. The standard InChI is InChI=1S/C16H13N3O/c1-11-9-12(15-6-7-16(20)19-18-15)4-5-14(11)13-3-2-8-17-10-13/h2-10H,1H3,(H,19,20). The molecule has 0 atom stereocenters. The van der Waals surface area contributed by atoms with Gasteiger partial charge >= 0.3 is 0 Å². The van der Waals surface area contributed by atoms with E-state index >= 15 is 0 Å². The number of aryl methyl sites for hydroxylation is 1. The Morgan fingerprint density at radius 2 is 1.95 bits per heavy atom. The summed E-state index contributed by atoms with van der Waals surface area (Å²) in [5.41, 5.74) is 4.91. The lowest BCUT2D eigenvalue weighted by molar-refractivity contribution is 0.995. The van der Waals surface area contributed by atoms with Crippen LogP contribution in [-0.4, -0.2) is 15.2 Å². The summed E-state index contributed by atoms with van der Waals surface area (Å²) in [6.45, 7) is 2.05. The van der Waals surface area contributed by atoms with Crippen LogP contribution in [-0.2, 0) is 0 Å². The highest BCUT2D eigenvalue weighted by molar-refractivity contribution is 5.71. The number of rotatable bonds is 2. The summed E-state index contributed by atoms with van der Waals surface area (Å²) in [6.07, 6.45) is 3.61. The highest BCUT2D eigenvalue weighted by atomic mass is 16.1. The van der Waals surface area contributed by atoms with Crippen molar-refractivity contribution in [2.75, 3.05) is 0 Å². The Morgan fingerprint density at radius 1 is 1.05 bits per heavy atom. The van der Waals surface area contributed by atoms with Gasteiger partial charge in [0.1, 0.15) is 0 Å². The third kappa shape index (κ3) is 2.36. The van der Waals surface area contributed by atoms with Crippen LogP contribution in [0.15, 0.2) is 59.7 Å². The second-order valence-electron chi connectivity index (χ2n) is 4.58. The number of aromatic amines is 1. The molecule has 0 spiro atoms. The van der Waals surface area contributed by atoms with Crippen molar-refractivity contribution in [1.29, 1.82) is 0 Å². The minimum absolute atomic E-state index is 0.197. The van der Waals surface area contributed by atoms with E-state index in [1.165, 1.54) is 6.07 Å². The lowest BCUT2D eigenvalue weighted by Gasteiger charge is -2.08. The molecule has 1 aromatic carbocycles. The molecule has 0 radical (unpaired) electrons. The van der Waals surface area contributed by atoms with Crippen LogP contribution in [0.1, 0.15) is 5.56 Å². The Morgan fingerprint density at radius 3 is 2.60 bits per heavy atom. The van der Waals surface area contributed by atoms with Crippen molar-refractivity contribution < 1.29 is 0 Å². The molecule has 0 saturated carbocycles. The van der Waals surface area contributed by atoms with Crippen molar-refractivity contribution in [3.8, 4) is 22.4 Å². The number of aromatic nitrogens is 3. The number of benzene rings is 1. The Balaban J connectivity index is 2.04. The lowest BCUT2D eigenvalue weighted by Crippen LogP contribution is -2.05. The Hall–Kier alpha value is -2.75. The zero-order chi connectivity index (χ0) is 13.9. The van der Waals surface area contributed by atoms with Crippen LogP contribution < -0.4 is 5.56 Å². The second-order valence-corrected chi connectivity index (χ2v) is 4.58. The molecule has 0 unspecified atom stereocenters. The molecule has 0 aliphatic carbocycles. The summed E-state index contributed by atoms with van der Waals surface area (Å²) in [5, 5.41) is 6.49. The number of hydrogen-bond acceptors (Lipinski definition) is 3. The number of nitrogens with one attached hydrogen (secondary N) is 1. The first-order chi connectivity index (χ1) is 9.74. The van der Waals surface area contributed by atoms with Gasteiger partial charge in [-0.3, -0.25) is 9.78 Å². The molecule has 3 rings (SSSR count). The van der Waals surface area contributed by atoms with Crippen LogP contribution in [0.3, 0.4) is 0 Å². The van der Waals surface area contributed by atoms with Gasteiger partial charge in [-0.2, -0.15) is 5.10 Å². The number of nitrogens with zero attached hydrogens (tertiary/aromatic N) is 2. The summed E-state index contributed by atoms with van der Waals surface area (Å²) in [6, 6.07) is 13.3. The molecule has 0 aliphatic heterocycles. The fraction of sp³-hybridized carbons (Fsp3) is 0.0625. The molecule has 98 valence electrons. The summed E-state index contributed by atoms with van der Waals surface area (Å²) in [4.78, 5) is 15.2. The summed E-state index contributed by atoms with van der Waals surface area (Å²) in [7, 11) is 0. The van der Waals surface area contributed by atoms with E-state index in [2.05, 4.69) is 34.2 Å². The molecule has 4 heteroatoms. The molecule has 20 heavy (non-hydrogen) atoms. The van der Waals surface area contributed by atoms with Crippen molar-refractivity contribution in [3.05, 3.63) is 70.8 Å². The smallest absolute Gasteiger partial charge is 0.264 e. The van der Waals surface area contributed by atoms with Gasteiger partial charge in [0.25, 0.3) is 5.56 Å². The minimum atomic E-state index is -0.197. The molecule has 0 aliphatic rings. The van der Waals surface area contributed by atoms with E-state index in [9.17, 15) is 4.79 Å². The fourth-order valence-electron chi connectivity index (χ4n) is 2.17. The lowest BCUT2D eigenvalue weighted by atomic mass is 9.98. The molecule has 3 aromatic rings. The van der Waals surface area contributed by atoms with Crippen molar-refractivity contribution in [3.63, 3.8) is 0 Å². The molecule has 1 N–H and O–H groups in total. The van der Waals surface area contributed by atoms with Gasteiger partial charge in [0.15, 0.2) is 0 Å². The van der Waals surface area contributed by atoms with Gasteiger partial charge in [-0.1, -0.05) is 18.2 Å². The third-order valence-corrected chi connectivity index (χ3v) is 3.17. The van der Waals surface area contributed by atoms with E-state index in [4.69, 9.17) is 0 Å². The van der Waals surface area contributed by atoms with E-state index < -0.39 is 0 Å². The summed E-state index contributed by atoms with van der Waals surface area (Å²) < 4.78 is 0. The maximum Gasteiger partial charge on any atom is 0.264 e. The van der Waals surface area contributed by atoms with Gasteiger partial charge in [0, 0.05) is 29.6 Å². The van der Waals surface area contributed by atoms with Crippen LogP contribution in [0, 0.1) is 6.92 Å². The fourth-order valence-corrected chi connectivity index (χ4v) is 2.17. The maximum atomic E-state index is 11.0. The molecule has 0 amide bonds. The Bertz CT molecular complexity index is 774. The van der Waals surface area contributed by atoms with Gasteiger partial charge in [-0.05, 0) is 36.2 Å². The van der Waals surface area contributed by atoms with Gasteiger partial charge in [-0.15, -0.1) is 0 Å². The van der Waals surface area contributed by atoms with E-state index in [-0.39, 0.29) is 5.56 Å². The van der Waals surface area contributed by atoms with Crippen LogP contribution in [0.5, 0.6) is 0 Å². The van der Waals surface area contributed by atoms with Crippen molar-refractivity contribution in [1.82, 2.24) is 15.2 Å². The normalized spacial score (nSPS) is 10.4. The van der Waals surface area contributed by atoms with Gasteiger partial charge in [0.2, 0.25) is 0 Å². The molecular formula is C16H13N3O. The zero-order valence-corrected chi connectivity index (χ0v) is 11.0. The van der Waals surface area contributed by atoms with Gasteiger partial charge < -0.3 is 0 Å². The van der Waals surface area contributed by atoms with Crippen LogP contribution in [0.25, 0.3) is 22.4 Å². The van der Waals surface area contributed by atoms with E-state index in [1.54, 1.807) is 12.3 Å². The average molecular weight is 263 g/mol. The summed E-state index contributed by atoms with van der Waals surface area (Å²) in [5.74, 6) is 0. The highest BCUT2D eigenvalue weighted by Crippen LogP contribution is 2.26. The highest BCUT2D eigenvalue weighted by Gasteiger charge is 2.05. The average Bonchev–Trinajstić information content (AvgIpc) is 2.49. The van der Waals surface area contributed by atoms with E-state index in [0.717, 1.165) is 27.9 Å². The predicted octanol–water partition coefficient (Wildman–Crippen LogP) is 2.81. The SMILES string of the molecule is Cc1cc(-c2ccc(=O)[nH]n2)ccc1-c1cccnc1. The van der Waals surface area contributed by atoms with E-state index in [1.807, 2.05) is 24.4 Å². The topological polar surface area (TPSA) is 58.6 Å². The second kappa shape index (κ2) is 5.09. The first-order valence-electron chi connectivity index (χ1n) is 6.31. The van der Waals surface area contributed by atoms with Crippen LogP contribution >= 0.6 is 0 Å². The number of hydrogen-bond donors (Lipinski definition) is 1. The van der Waals surface area contributed by atoms with Crippen molar-refractivity contribution in [2.24, 2.45) is 0 Å². The van der Waals surface area contributed by atoms with Crippen molar-refractivity contribution >= 4 is 0 Å². The molecular weight excluding hydrogens is 250 g/mol. The largest absolute Gasteiger partial charge is 0.268 e. The summed E-state index contributed by atoms with van der Waals surface area (Å²) >= 11 is 0.